The smallest absolute Gasteiger partial charge is 0.323 e. The van der Waals surface area contributed by atoms with E-state index in [2.05, 4.69) is 28.3 Å². The van der Waals surface area contributed by atoms with Crippen LogP contribution in [0, 0.1) is 0 Å². The summed E-state index contributed by atoms with van der Waals surface area (Å²) >= 11 is 0. The summed E-state index contributed by atoms with van der Waals surface area (Å²) in [6.07, 6.45) is 1.73. The Morgan fingerprint density at radius 1 is 0.935 bits per heavy atom. The van der Waals surface area contributed by atoms with Gasteiger partial charge in [0.25, 0.3) is 0 Å². The molecule has 0 fully saturated rings. The standard InChI is InChI=1S/C25H26N4O2/c1-3-31-23-11-7-5-9-21(23)28-25(30)26-19-15-12-18(13-16-19)14-17-24-27-20-8-4-6-10-22(20)29(24)2/h4-13,15-16H,3,14,17H2,1-2H3,(H2,26,28,30). The Bertz CT molecular complexity index is 1180. The molecule has 0 aliphatic rings. The molecular weight excluding hydrogens is 388 g/mol. The van der Waals surface area contributed by atoms with Gasteiger partial charge in [-0.25, -0.2) is 9.78 Å². The zero-order valence-electron chi connectivity index (χ0n) is 17.8. The average Bonchev–Trinajstić information content (AvgIpc) is 3.10. The van der Waals surface area contributed by atoms with Gasteiger partial charge in [-0.1, -0.05) is 36.4 Å². The van der Waals surface area contributed by atoms with Crippen LogP contribution in [0.1, 0.15) is 18.3 Å². The van der Waals surface area contributed by atoms with E-state index in [0.29, 0.717) is 18.0 Å². The maximum Gasteiger partial charge on any atom is 0.323 e. The molecule has 0 bridgehead atoms. The van der Waals surface area contributed by atoms with Gasteiger partial charge in [0, 0.05) is 19.2 Å². The third-order valence-corrected chi connectivity index (χ3v) is 5.16. The molecule has 6 nitrogen and oxygen atoms in total. The van der Waals surface area contributed by atoms with Crippen molar-refractivity contribution in [3.63, 3.8) is 0 Å². The second-order valence-electron chi connectivity index (χ2n) is 7.28. The molecule has 2 N–H and O–H groups in total. The molecule has 4 aromatic rings. The number of rotatable bonds is 7. The van der Waals surface area contributed by atoms with E-state index in [1.807, 2.05) is 73.7 Å². The lowest BCUT2D eigenvalue weighted by molar-refractivity contribution is 0.262. The van der Waals surface area contributed by atoms with Crippen molar-refractivity contribution in [2.75, 3.05) is 17.2 Å². The summed E-state index contributed by atoms with van der Waals surface area (Å²) in [6, 6.07) is 23.1. The number of imidazole rings is 1. The molecule has 4 rings (SSSR count). The number of carbonyl (C=O) groups excluding carboxylic acids is 1. The first-order valence-electron chi connectivity index (χ1n) is 10.4. The molecule has 0 saturated heterocycles. The van der Waals surface area contributed by atoms with Crippen LogP contribution in [-0.2, 0) is 19.9 Å². The predicted octanol–water partition coefficient (Wildman–Crippen LogP) is 5.40. The highest BCUT2D eigenvalue weighted by atomic mass is 16.5. The molecule has 0 aliphatic carbocycles. The zero-order valence-corrected chi connectivity index (χ0v) is 17.8. The number of nitrogens with one attached hydrogen (secondary N) is 2. The van der Waals surface area contributed by atoms with Crippen LogP contribution in [-0.4, -0.2) is 22.2 Å². The van der Waals surface area contributed by atoms with E-state index in [0.717, 1.165) is 35.4 Å². The number of ether oxygens (including phenoxy) is 1. The van der Waals surface area contributed by atoms with Crippen LogP contribution < -0.4 is 15.4 Å². The Morgan fingerprint density at radius 2 is 1.68 bits per heavy atom. The van der Waals surface area contributed by atoms with Gasteiger partial charge in [-0.2, -0.15) is 0 Å². The molecule has 1 aromatic heterocycles. The Kier molecular flexibility index (Phi) is 6.17. The fraction of sp³-hybridized carbons (Fsp3) is 0.200. The predicted molar refractivity (Wildman–Crippen MR) is 125 cm³/mol. The third-order valence-electron chi connectivity index (χ3n) is 5.16. The van der Waals surface area contributed by atoms with Crippen molar-refractivity contribution in [2.45, 2.75) is 19.8 Å². The summed E-state index contributed by atoms with van der Waals surface area (Å²) in [5.74, 6) is 1.72. The van der Waals surface area contributed by atoms with Gasteiger partial charge in [0.1, 0.15) is 11.6 Å². The maximum atomic E-state index is 12.4. The molecule has 0 aliphatic heterocycles. The van der Waals surface area contributed by atoms with Crippen LogP contribution in [0.25, 0.3) is 11.0 Å². The normalized spacial score (nSPS) is 10.8. The van der Waals surface area contributed by atoms with Crippen molar-refractivity contribution >= 4 is 28.4 Å². The first-order valence-corrected chi connectivity index (χ1v) is 10.4. The molecule has 0 atom stereocenters. The number of anilines is 2. The molecule has 0 saturated carbocycles. The molecule has 1 heterocycles. The Hall–Kier alpha value is -3.80. The lowest BCUT2D eigenvalue weighted by Gasteiger charge is -2.12. The second-order valence-corrected chi connectivity index (χ2v) is 7.28. The molecular formula is C25H26N4O2. The molecule has 0 unspecified atom stereocenters. The number of aromatic nitrogens is 2. The number of hydrogen-bond acceptors (Lipinski definition) is 3. The second kappa shape index (κ2) is 9.34. The van der Waals surface area contributed by atoms with E-state index in [1.165, 1.54) is 5.56 Å². The first kappa shape index (κ1) is 20.5. The van der Waals surface area contributed by atoms with Gasteiger partial charge in [-0.3, -0.25) is 0 Å². The van der Waals surface area contributed by atoms with Gasteiger partial charge in [-0.15, -0.1) is 0 Å². The SMILES string of the molecule is CCOc1ccccc1NC(=O)Nc1ccc(CCc2nc3ccccc3n2C)cc1. The third kappa shape index (κ3) is 4.86. The summed E-state index contributed by atoms with van der Waals surface area (Å²) < 4.78 is 7.69. The van der Waals surface area contributed by atoms with E-state index < -0.39 is 0 Å². The molecule has 158 valence electrons. The van der Waals surface area contributed by atoms with Gasteiger partial charge < -0.3 is 19.9 Å². The van der Waals surface area contributed by atoms with Crippen LogP contribution >= 0.6 is 0 Å². The monoisotopic (exact) mass is 414 g/mol. The van der Waals surface area contributed by atoms with Crippen molar-refractivity contribution in [3.8, 4) is 5.75 Å². The van der Waals surface area contributed by atoms with Crippen molar-refractivity contribution < 1.29 is 9.53 Å². The Labute approximate surface area is 181 Å². The molecule has 6 heteroatoms. The highest BCUT2D eigenvalue weighted by Gasteiger charge is 2.09. The quantitative estimate of drug-likeness (QED) is 0.425. The van der Waals surface area contributed by atoms with E-state index in [-0.39, 0.29) is 6.03 Å². The largest absolute Gasteiger partial charge is 0.492 e. The summed E-state index contributed by atoms with van der Waals surface area (Å²) in [5.41, 5.74) is 4.74. The first-order chi connectivity index (χ1) is 15.1. The maximum absolute atomic E-state index is 12.4. The van der Waals surface area contributed by atoms with Crippen molar-refractivity contribution in [1.29, 1.82) is 0 Å². The van der Waals surface area contributed by atoms with Crippen molar-refractivity contribution in [3.05, 3.63) is 84.2 Å². The molecule has 3 aromatic carbocycles. The van der Waals surface area contributed by atoms with E-state index >= 15 is 0 Å². The number of carbonyl (C=O) groups is 1. The topological polar surface area (TPSA) is 68.2 Å². The number of aryl methyl sites for hydroxylation is 3. The number of benzene rings is 3. The fourth-order valence-corrected chi connectivity index (χ4v) is 3.57. The minimum absolute atomic E-state index is 0.306. The molecule has 0 radical (unpaired) electrons. The summed E-state index contributed by atoms with van der Waals surface area (Å²) in [7, 11) is 2.06. The number of fused-ring (bicyclic) bond motifs is 1. The van der Waals surface area contributed by atoms with Gasteiger partial charge >= 0.3 is 6.03 Å². The number of urea groups is 1. The highest BCUT2D eigenvalue weighted by molar-refractivity contribution is 6.00. The van der Waals surface area contributed by atoms with Crippen LogP contribution in [0.4, 0.5) is 16.2 Å². The number of hydrogen-bond donors (Lipinski definition) is 2. The zero-order chi connectivity index (χ0) is 21.6. The van der Waals surface area contributed by atoms with E-state index in [9.17, 15) is 4.79 Å². The van der Waals surface area contributed by atoms with E-state index in [1.54, 1.807) is 0 Å². The van der Waals surface area contributed by atoms with Crippen LogP contribution in [0.5, 0.6) is 5.75 Å². The Balaban J connectivity index is 1.35. The van der Waals surface area contributed by atoms with Crippen molar-refractivity contribution in [2.24, 2.45) is 7.05 Å². The van der Waals surface area contributed by atoms with Crippen LogP contribution in [0.2, 0.25) is 0 Å². The summed E-state index contributed by atoms with van der Waals surface area (Å²) in [4.78, 5) is 17.1. The van der Waals surface area contributed by atoms with Gasteiger partial charge in [0.05, 0.1) is 23.3 Å². The van der Waals surface area contributed by atoms with Crippen LogP contribution in [0.15, 0.2) is 72.8 Å². The van der Waals surface area contributed by atoms with Gasteiger partial charge in [0.2, 0.25) is 0 Å². The van der Waals surface area contributed by atoms with Gasteiger partial charge in [-0.05, 0) is 55.3 Å². The average molecular weight is 415 g/mol. The highest BCUT2D eigenvalue weighted by Crippen LogP contribution is 2.24. The van der Waals surface area contributed by atoms with Gasteiger partial charge in [0.15, 0.2) is 0 Å². The summed E-state index contributed by atoms with van der Waals surface area (Å²) in [6.45, 7) is 2.45. The lowest BCUT2D eigenvalue weighted by Crippen LogP contribution is -2.19. The molecule has 31 heavy (non-hydrogen) atoms. The Morgan fingerprint density at radius 3 is 2.45 bits per heavy atom. The summed E-state index contributed by atoms with van der Waals surface area (Å²) in [5, 5.41) is 5.70. The number of para-hydroxylation sites is 4. The minimum Gasteiger partial charge on any atom is -0.492 e. The fourth-order valence-electron chi connectivity index (χ4n) is 3.57. The lowest BCUT2D eigenvalue weighted by atomic mass is 10.1. The van der Waals surface area contributed by atoms with Crippen molar-refractivity contribution in [1.82, 2.24) is 9.55 Å². The number of amides is 2. The molecule has 2 amide bonds. The van der Waals surface area contributed by atoms with Crippen LogP contribution in [0.3, 0.4) is 0 Å². The van der Waals surface area contributed by atoms with E-state index in [4.69, 9.17) is 9.72 Å². The minimum atomic E-state index is -0.306. The molecule has 0 spiro atoms. The number of nitrogens with zero attached hydrogens (tertiary/aromatic N) is 2.